The second-order valence-electron chi connectivity index (χ2n) is 3.46. The standard InChI is InChI=1S/C9H13F3N4/c10-9(11,12)4-7(16-14)3-6-5-15-2-1-8(6)13/h1-2,5,7,16H,3-4,14H2,(H2,13,15). The van der Waals surface area contributed by atoms with Gasteiger partial charge in [0, 0.05) is 24.1 Å². The molecule has 1 aromatic heterocycles. The van der Waals surface area contributed by atoms with Crippen LogP contribution in [0.1, 0.15) is 12.0 Å². The lowest BCUT2D eigenvalue weighted by Crippen LogP contribution is -2.40. The molecule has 0 saturated heterocycles. The largest absolute Gasteiger partial charge is 0.398 e. The third-order valence-corrected chi connectivity index (χ3v) is 2.12. The maximum absolute atomic E-state index is 12.2. The van der Waals surface area contributed by atoms with E-state index in [1.54, 1.807) is 0 Å². The van der Waals surface area contributed by atoms with Crippen LogP contribution in [0.4, 0.5) is 18.9 Å². The molecule has 1 aromatic rings. The number of rotatable bonds is 4. The molecule has 0 aliphatic heterocycles. The molecule has 0 aromatic carbocycles. The van der Waals surface area contributed by atoms with Gasteiger partial charge in [0.05, 0.1) is 6.42 Å². The van der Waals surface area contributed by atoms with Crippen LogP contribution < -0.4 is 17.0 Å². The summed E-state index contributed by atoms with van der Waals surface area (Å²) in [6.07, 6.45) is -2.24. The number of anilines is 1. The summed E-state index contributed by atoms with van der Waals surface area (Å²) in [6.45, 7) is 0. The Morgan fingerprint density at radius 3 is 2.62 bits per heavy atom. The van der Waals surface area contributed by atoms with Crippen molar-refractivity contribution in [1.82, 2.24) is 10.4 Å². The molecule has 0 fully saturated rings. The van der Waals surface area contributed by atoms with Gasteiger partial charge in [-0.15, -0.1) is 0 Å². The molecule has 0 aliphatic carbocycles. The highest BCUT2D eigenvalue weighted by Gasteiger charge is 2.31. The van der Waals surface area contributed by atoms with Gasteiger partial charge in [0.2, 0.25) is 0 Å². The molecule has 0 radical (unpaired) electrons. The van der Waals surface area contributed by atoms with Gasteiger partial charge in [-0.3, -0.25) is 16.3 Å². The van der Waals surface area contributed by atoms with Crippen molar-refractivity contribution in [3.05, 3.63) is 24.0 Å². The van der Waals surface area contributed by atoms with Crippen LogP contribution >= 0.6 is 0 Å². The molecule has 1 rings (SSSR count). The van der Waals surface area contributed by atoms with Crippen LogP contribution in [0.15, 0.2) is 18.5 Å². The normalized spacial score (nSPS) is 13.8. The Labute approximate surface area is 90.8 Å². The Balaban J connectivity index is 2.67. The molecule has 0 saturated carbocycles. The molecule has 0 bridgehead atoms. The smallest absolute Gasteiger partial charge is 0.390 e. The number of hydrogen-bond acceptors (Lipinski definition) is 4. The van der Waals surface area contributed by atoms with Crippen LogP contribution in [-0.4, -0.2) is 17.2 Å². The maximum Gasteiger partial charge on any atom is 0.390 e. The fourth-order valence-corrected chi connectivity index (χ4v) is 1.34. The summed E-state index contributed by atoms with van der Waals surface area (Å²) in [5, 5.41) is 0. The van der Waals surface area contributed by atoms with Gasteiger partial charge >= 0.3 is 6.18 Å². The first-order chi connectivity index (χ1) is 7.42. The van der Waals surface area contributed by atoms with Gasteiger partial charge in [0.15, 0.2) is 0 Å². The minimum absolute atomic E-state index is 0.0929. The molecule has 0 spiro atoms. The van der Waals surface area contributed by atoms with Gasteiger partial charge in [-0.25, -0.2) is 0 Å². The highest BCUT2D eigenvalue weighted by molar-refractivity contribution is 5.44. The first-order valence-electron chi connectivity index (χ1n) is 4.63. The summed E-state index contributed by atoms with van der Waals surface area (Å²) in [6, 6.07) is 0.641. The van der Waals surface area contributed by atoms with Crippen molar-refractivity contribution in [3.63, 3.8) is 0 Å². The highest BCUT2D eigenvalue weighted by atomic mass is 19.4. The van der Waals surface area contributed by atoms with E-state index in [4.69, 9.17) is 11.6 Å². The molecule has 1 atom stereocenters. The average molecular weight is 234 g/mol. The van der Waals surface area contributed by atoms with Crippen LogP contribution in [0.25, 0.3) is 0 Å². The molecule has 90 valence electrons. The number of hydrogen-bond donors (Lipinski definition) is 3. The zero-order valence-electron chi connectivity index (χ0n) is 8.46. The summed E-state index contributed by atoms with van der Waals surface area (Å²) in [5.74, 6) is 5.07. The van der Waals surface area contributed by atoms with Gasteiger partial charge in [0.1, 0.15) is 0 Å². The first-order valence-corrected chi connectivity index (χ1v) is 4.63. The van der Waals surface area contributed by atoms with E-state index in [0.29, 0.717) is 11.3 Å². The fraction of sp³-hybridized carbons (Fsp3) is 0.444. The van der Waals surface area contributed by atoms with Crippen LogP contribution in [-0.2, 0) is 6.42 Å². The number of nitrogens with two attached hydrogens (primary N) is 2. The van der Waals surface area contributed by atoms with E-state index in [1.807, 2.05) is 0 Å². The number of hydrazine groups is 1. The molecule has 5 N–H and O–H groups in total. The van der Waals surface area contributed by atoms with E-state index < -0.39 is 18.6 Å². The zero-order chi connectivity index (χ0) is 12.2. The van der Waals surface area contributed by atoms with Crippen LogP contribution in [0, 0.1) is 0 Å². The lowest BCUT2D eigenvalue weighted by molar-refractivity contribution is -0.140. The molecule has 7 heteroatoms. The van der Waals surface area contributed by atoms with Crippen molar-refractivity contribution in [3.8, 4) is 0 Å². The molecular formula is C9H13F3N4. The van der Waals surface area contributed by atoms with E-state index >= 15 is 0 Å². The van der Waals surface area contributed by atoms with E-state index in [9.17, 15) is 13.2 Å². The lowest BCUT2D eigenvalue weighted by Gasteiger charge is -2.18. The van der Waals surface area contributed by atoms with Gasteiger partial charge in [-0.2, -0.15) is 13.2 Å². The van der Waals surface area contributed by atoms with E-state index in [0.717, 1.165) is 0 Å². The van der Waals surface area contributed by atoms with Gasteiger partial charge < -0.3 is 5.73 Å². The minimum Gasteiger partial charge on any atom is -0.398 e. The van der Waals surface area contributed by atoms with Gasteiger partial charge in [-0.1, -0.05) is 0 Å². The van der Waals surface area contributed by atoms with Crippen LogP contribution in [0.3, 0.4) is 0 Å². The van der Waals surface area contributed by atoms with Gasteiger partial charge in [0.25, 0.3) is 0 Å². The number of nitrogen functional groups attached to an aromatic ring is 1. The van der Waals surface area contributed by atoms with E-state index in [-0.39, 0.29) is 6.42 Å². The van der Waals surface area contributed by atoms with Gasteiger partial charge in [-0.05, 0) is 18.1 Å². The zero-order valence-corrected chi connectivity index (χ0v) is 8.46. The maximum atomic E-state index is 12.2. The van der Waals surface area contributed by atoms with Crippen molar-refractivity contribution in [1.29, 1.82) is 0 Å². The van der Waals surface area contributed by atoms with Crippen molar-refractivity contribution < 1.29 is 13.2 Å². The summed E-state index contributed by atoms with van der Waals surface area (Å²) >= 11 is 0. The second kappa shape index (κ2) is 5.13. The van der Waals surface area contributed by atoms with E-state index in [1.165, 1.54) is 18.5 Å². The third-order valence-electron chi connectivity index (χ3n) is 2.12. The molecule has 4 nitrogen and oxygen atoms in total. The van der Waals surface area contributed by atoms with Crippen LogP contribution in [0.5, 0.6) is 0 Å². The summed E-state index contributed by atoms with van der Waals surface area (Å²) in [7, 11) is 0. The molecular weight excluding hydrogens is 221 g/mol. The second-order valence-corrected chi connectivity index (χ2v) is 3.46. The number of aromatic nitrogens is 1. The Hall–Kier alpha value is -1.34. The number of nitrogens with one attached hydrogen (secondary N) is 1. The Morgan fingerprint density at radius 2 is 2.12 bits per heavy atom. The Kier molecular flexibility index (Phi) is 4.08. The van der Waals surface area contributed by atoms with Crippen molar-refractivity contribution in [2.24, 2.45) is 5.84 Å². The Morgan fingerprint density at radius 1 is 1.44 bits per heavy atom. The van der Waals surface area contributed by atoms with Crippen molar-refractivity contribution in [2.45, 2.75) is 25.1 Å². The van der Waals surface area contributed by atoms with Crippen LogP contribution in [0.2, 0.25) is 0 Å². The summed E-state index contributed by atoms with van der Waals surface area (Å²) in [4.78, 5) is 3.80. The molecule has 16 heavy (non-hydrogen) atoms. The highest BCUT2D eigenvalue weighted by Crippen LogP contribution is 2.23. The topological polar surface area (TPSA) is 77.0 Å². The molecule has 0 amide bonds. The molecule has 1 unspecified atom stereocenters. The average Bonchev–Trinajstić information content (AvgIpc) is 2.18. The first kappa shape index (κ1) is 12.7. The quantitative estimate of drug-likeness (QED) is 0.536. The van der Waals surface area contributed by atoms with Crippen molar-refractivity contribution >= 4 is 5.69 Å². The number of alkyl halides is 3. The summed E-state index contributed by atoms with van der Waals surface area (Å²) in [5.41, 5.74) is 8.69. The molecule has 1 heterocycles. The van der Waals surface area contributed by atoms with E-state index in [2.05, 4.69) is 10.4 Å². The summed E-state index contributed by atoms with van der Waals surface area (Å²) < 4.78 is 36.5. The third kappa shape index (κ3) is 4.03. The fourth-order valence-electron chi connectivity index (χ4n) is 1.34. The number of nitrogens with zero attached hydrogens (tertiary/aromatic N) is 1. The van der Waals surface area contributed by atoms with Crippen molar-refractivity contribution in [2.75, 3.05) is 5.73 Å². The monoisotopic (exact) mass is 234 g/mol. The predicted molar refractivity (Wildman–Crippen MR) is 54.1 cm³/mol. The molecule has 0 aliphatic rings. The predicted octanol–water partition coefficient (Wildman–Crippen LogP) is 0.991. The Bertz CT molecular complexity index is 340. The minimum atomic E-state index is -4.26. The lowest BCUT2D eigenvalue weighted by atomic mass is 10.0. The SMILES string of the molecule is NNC(Cc1cnccc1N)CC(F)(F)F. The number of pyridine rings is 1. The number of halogens is 3.